The summed E-state index contributed by atoms with van der Waals surface area (Å²) in [6.45, 7) is 1.46. The van der Waals surface area contributed by atoms with Gasteiger partial charge in [0.1, 0.15) is 0 Å². The SMILES string of the molecule is CC(=O)c1cccc(NC(=O)[C@H](OC(=O)c2ccc(N(C)C)cc2)c2ccccc2)c1. The van der Waals surface area contributed by atoms with Crippen molar-refractivity contribution in [2.45, 2.75) is 13.0 Å². The van der Waals surface area contributed by atoms with Crippen molar-refractivity contribution in [3.63, 3.8) is 0 Å². The molecule has 1 atom stereocenters. The summed E-state index contributed by atoms with van der Waals surface area (Å²) >= 11 is 0. The Hall–Kier alpha value is -3.93. The maximum absolute atomic E-state index is 13.0. The summed E-state index contributed by atoms with van der Waals surface area (Å²) in [5.41, 5.74) is 2.76. The number of ether oxygens (including phenoxy) is 1. The van der Waals surface area contributed by atoms with Gasteiger partial charge in [-0.25, -0.2) is 4.79 Å². The minimum atomic E-state index is -1.15. The van der Waals surface area contributed by atoms with Crippen LogP contribution >= 0.6 is 0 Å². The van der Waals surface area contributed by atoms with Crippen molar-refractivity contribution in [3.05, 3.63) is 95.6 Å². The summed E-state index contributed by atoms with van der Waals surface area (Å²) < 4.78 is 5.60. The van der Waals surface area contributed by atoms with Crippen LogP contribution in [0.2, 0.25) is 0 Å². The van der Waals surface area contributed by atoms with Gasteiger partial charge in [0, 0.05) is 36.6 Å². The number of Topliss-reactive ketones (excluding diaryl/α,β-unsaturated/α-hetero) is 1. The van der Waals surface area contributed by atoms with Gasteiger partial charge in [-0.1, -0.05) is 42.5 Å². The predicted molar refractivity (Wildman–Crippen MR) is 120 cm³/mol. The van der Waals surface area contributed by atoms with E-state index in [4.69, 9.17) is 4.74 Å². The van der Waals surface area contributed by atoms with Gasteiger partial charge >= 0.3 is 5.97 Å². The lowest BCUT2D eigenvalue weighted by Crippen LogP contribution is -2.26. The molecule has 0 aromatic heterocycles. The van der Waals surface area contributed by atoms with Gasteiger partial charge in [-0.15, -0.1) is 0 Å². The number of carbonyl (C=O) groups excluding carboxylic acids is 3. The van der Waals surface area contributed by atoms with Crippen molar-refractivity contribution in [1.29, 1.82) is 0 Å². The molecule has 0 aliphatic carbocycles. The number of anilines is 2. The van der Waals surface area contributed by atoms with Crippen LogP contribution in [0.1, 0.15) is 39.3 Å². The van der Waals surface area contributed by atoms with E-state index in [0.717, 1.165) is 5.69 Å². The standard InChI is InChI=1S/C25H24N2O4/c1-17(28)20-10-7-11-21(16-20)26-24(29)23(18-8-5-4-6-9-18)31-25(30)19-12-14-22(15-13-19)27(2)3/h4-16,23H,1-3H3,(H,26,29)/t23-/m1/s1. The molecule has 0 bridgehead atoms. The van der Waals surface area contributed by atoms with E-state index in [2.05, 4.69) is 5.32 Å². The first-order valence-electron chi connectivity index (χ1n) is 9.80. The van der Waals surface area contributed by atoms with Crippen LogP contribution in [-0.2, 0) is 9.53 Å². The van der Waals surface area contributed by atoms with Crippen LogP contribution in [0.25, 0.3) is 0 Å². The van der Waals surface area contributed by atoms with Crippen LogP contribution < -0.4 is 10.2 Å². The second-order valence-corrected chi connectivity index (χ2v) is 7.26. The minimum Gasteiger partial charge on any atom is -0.444 e. The quantitative estimate of drug-likeness (QED) is 0.454. The number of rotatable bonds is 7. The first-order chi connectivity index (χ1) is 14.8. The monoisotopic (exact) mass is 416 g/mol. The summed E-state index contributed by atoms with van der Waals surface area (Å²) in [4.78, 5) is 39.3. The van der Waals surface area contributed by atoms with E-state index < -0.39 is 18.0 Å². The average molecular weight is 416 g/mol. The number of nitrogens with zero attached hydrogens (tertiary/aromatic N) is 1. The van der Waals surface area contributed by atoms with Gasteiger partial charge in [-0.3, -0.25) is 9.59 Å². The summed E-state index contributed by atoms with van der Waals surface area (Å²) in [7, 11) is 3.81. The fourth-order valence-corrected chi connectivity index (χ4v) is 3.00. The normalized spacial score (nSPS) is 11.3. The van der Waals surface area contributed by atoms with E-state index in [1.54, 1.807) is 72.8 Å². The number of hydrogen-bond donors (Lipinski definition) is 1. The molecule has 3 aromatic carbocycles. The highest BCUT2D eigenvalue weighted by Gasteiger charge is 2.26. The first-order valence-corrected chi connectivity index (χ1v) is 9.80. The van der Waals surface area contributed by atoms with Crippen molar-refractivity contribution in [2.24, 2.45) is 0 Å². The summed E-state index contributed by atoms with van der Waals surface area (Å²) in [5.74, 6) is -1.22. The molecule has 0 heterocycles. The highest BCUT2D eigenvalue weighted by molar-refractivity contribution is 6.00. The molecule has 0 fully saturated rings. The zero-order valence-electron chi connectivity index (χ0n) is 17.7. The number of amides is 1. The minimum absolute atomic E-state index is 0.108. The summed E-state index contributed by atoms with van der Waals surface area (Å²) in [6, 6.07) is 22.3. The number of nitrogens with one attached hydrogen (secondary N) is 1. The van der Waals surface area contributed by atoms with Crippen LogP contribution in [0.5, 0.6) is 0 Å². The van der Waals surface area contributed by atoms with Gasteiger partial charge in [0.2, 0.25) is 6.10 Å². The Kier molecular flexibility index (Phi) is 6.82. The molecular weight excluding hydrogens is 392 g/mol. The highest BCUT2D eigenvalue weighted by Crippen LogP contribution is 2.23. The van der Waals surface area contributed by atoms with Gasteiger partial charge < -0.3 is 15.0 Å². The van der Waals surface area contributed by atoms with Crippen LogP contribution in [0.15, 0.2) is 78.9 Å². The van der Waals surface area contributed by atoms with Crippen molar-refractivity contribution < 1.29 is 19.1 Å². The molecule has 0 aliphatic rings. The maximum Gasteiger partial charge on any atom is 0.339 e. The maximum atomic E-state index is 13.0. The number of ketones is 1. The van der Waals surface area contributed by atoms with Gasteiger partial charge in [0.25, 0.3) is 5.91 Å². The predicted octanol–water partition coefficient (Wildman–Crippen LogP) is 4.49. The van der Waals surface area contributed by atoms with Crippen molar-refractivity contribution in [2.75, 3.05) is 24.3 Å². The fraction of sp³-hybridized carbons (Fsp3) is 0.160. The largest absolute Gasteiger partial charge is 0.444 e. The van der Waals surface area contributed by atoms with E-state index in [-0.39, 0.29) is 5.78 Å². The topological polar surface area (TPSA) is 75.7 Å². The first kappa shape index (κ1) is 21.8. The molecule has 0 saturated carbocycles. The zero-order valence-corrected chi connectivity index (χ0v) is 17.7. The molecule has 31 heavy (non-hydrogen) atoms. The molecular formula is C25H24N2O4. The highest BCUT2D eigenvalue weighted by atomic mass is 16.5. The Balaban J connectivity index is 1.83. The molecule has 0 spiro atoms. The molecule has 0 saturated heterocycles. The van der Waals surface area contributed by atoms with E-state index in [1.165, 1.54) is 6.92 Å². The summed E-state index contributed by atoms with van der Waals surface area (Å²) in [5, 5.41) is 2.74. The molecule has 0 aliphatic heterocycles. The molecule has 6 nitrogen and oxygen atoms in total. The lowest BCUT2D eigenvalue weighted by Gasteiger charge is -2.19. The molecule has 3 rings (SSSR count). The van der Waals surface area contributed by atoms with Gasteiger partial charge in [0.15, 0.2) is 5.78 Å². The van der Waals surface area contributed by atoms with E-state index >= 15 is 0 Å². The third kappa shape index (κ3) is 5.57. The lowest BCUT2D eigenvalue weighted by atomic mass is 10.1. The number of carbonyl (C=O) groups is 3. The molecule has 1 amide bonds. The fourth-order valence-electron chi connectivity index (χ4n) is 3.00. The van der Waals surface area contributed by atoms with Crippen molar-refractivity contribution in [1.82, 2.24) is 0 Å². The summed E-state index contributed by atoms with van der Waals surface area (Å²) in [6.07, 6.45) is -1.15. The van der Waals surface area contributed by atoms with Crippen LogP contribution in [0.4, 0.5) is 11.4 Å². The Bertz CT molecular complexity index is 1080. The van der Waals surface area contributed by atoms with Crippen molar-refractivity contribution >= 4 is 29.0 Å². The lowest BCUT2D eigenvalue weighted by molar-refractivity contribution is -0.125. The molecule has 3 aromatic rings. The van der Waals surface area contributed by atoms with E-state index in [9.17, 15) is 14.4 Å². The Labute approximate surface area is 181 Å². The second-order valence-electron chi connectivity index (χ2n) is 7.26. The van der Waals surface area contributed by atoms with Crippen LogP contribution in [-0.4, -0.2) is 31.8 Å². The third-order valence-corrected chi connectivity index (χ3v) is 4.72. The van der Waals surface area contributed by atoms with Gasteiger partial charge in [0.05, 0.1) is 5.56 Å². The molecule has 6 heteroatoms. The molecule has 158 valence electrons. The number of hydrogen-bond acceptors (Lipinski definition) is 5. The smallest absolute Gasteiger partial charge is 0.339 e. The molecule has 0 unspecified atom stereocenters. The average Bonchev–Trinajstić information content (AvgIpc) is 2.78. The Morgan fingerprint density at radius 3 is 2.13 bits per heavy atom. The van der Waals surface area contributed by atoms with E-state index in [1.807, 2.05) is 25.1 Å². The molecule has 0 radical (unpaired) electrons. The van der Waals surface area contributed by atoms with Crippen LogP contribution in [0, 0.1) is 0 Å². The van der Waals surface area contributed by atoms with Gasteiger partial charge in [-0.2, -0.15) is 0 Å². The molecule has 1 N–H and O–H groups in total. The second kappa shape index (κ2) is 9.71. The zero-order chi connectivity index (χ0) is 22.4. The number of benzene rings is 3. The van der Waals surface area contributed by atoms with Gasteiger partial charge in [-0.05, 0) is 43.3 Å². The third-order valence-electron chi connectivity index (χ3n) is 4.72. The van der Waals surface area contributed by atoms with Crippen molar-refractivity contribution in [3.8, 4) is 0 Å². The Morgan fingerprint density at radius 1 is 0.839 bits per heavy atom. The number of esters is 1. The van der Waals surface area contributed by atoms with E-state index in [0.29, 0.717) is 22.4 Å². The van der Waals surface area contributed by atoms with Crippen LogP contribution in [0.3, 0.4) is 0 Å². The Morgan fingerprint density at radius 2 is 1.52 bits per heavy atom.